The van der Waals surface area contributed by atoms with E-state index in [9.17, 15) is 4.79 Å². The minimum Gasteiger partial charge on any atom is -0.469 e. The Morgan fingerprint density at radius 2 is 2.17 bits per heavy atom. The first-order valence-electron chi connectivity index (χ1n) is 7.07. The molecule has 1 rings (SSSR count). The van der Waals surface area contributed by atoms with Gasteiger partial charge in [0.1, 0.15) is 0 Å². The Hall–Kier alpha value is -0.610. The molecule has 106 valence electrons. The molecule has 0 amide bonds. The third kappa shape index (κ3) is 5.36. The van der Waals surface area contributed by atoms with Gasteiger partial charge in [-0.2, -0.15) is 0 Å². The van der Waals surface area contributed by atoms with Crippen LogP contribution in [-0.2, 0) is 9.53 Å². The minimum absolute atomic E-state index is 0.0818. The summed E-state index contributed by atoms with van der Waals surface area (Å²) in [5.74, 6) is 1.01. The van der Waals surface area contributed by atoms with Crippen LogP contribution in [0.15, 0.2) is 0 Å². The molecule has 0 bridgehead atoms. The molecule has 1 N–H and O–H groups in total. The van der Waals surface area contributed by atoms with Crippen LogP contribution < -0.4 is 5.32 Å². The fraction of sp³-hybridized carbons (Fsp3) is 0.929. The Labute approximate surface area is 111 Å². The van der Waals surface area contributed by atoms with Gasteiger partial charge < -0.3 is 15.0 Å². The molecular weight excluding hydrogens is 228 g/mol. The lowest BCUT2D eigenvalue weighted by Gasteiger charge is -2.38. The molecule has 2 atom stereocenters. The van der Waals surface area contributed by atoms with Gasteiger partial charge in [-0.1, -0.05) is 20.8 Å². The van der Waals surface area contributed by atoms with Crippen LogP contribution in [0.4, 0.5) is 0 Å². The zero-order chi connectivity index (χ0) is 13.5. The Bertz CT molecular complexity index is 256. The summed E-state index contributed by atoms with van der Waals surface area (Å²) in [4.78, 5) is 13.9. The van der Waals surface area contributed by atoms with Crippen LogP contribution in [0.2, 0.25) is 0 Å². The van der Waals surface area contributed by atoms with Gasteiger partial charge in [0.15, 0.2) is 0 Å². The molecule has 0 aliphatic carbocycles. The summed E-state index contributed by atoms with van der Waals surface area (Å²) in [6, 6.07) is 0.511. The van der Waals surface area contributed by atoms with Gasteiger partial charge in [0.2, 0.25) is 0 Å². The van der Waals surface area contributed by atoms with Crippen molar-refractivity contribution < 1.29 is 9.53 Å². The number of methoxy groups -OCH3 is 1. The number of piperidine rings is 1. The second-order valence-electron chi connectivity index (χ2n) is 5.75. The zero-order valence-corrected chi connectivity index (χ0v) is 12.2. The molecular formula is C14H28N2O2. The van der Waals surface area contributed by atoms with Gasteiger partial charge >= 0.3 is 5.97 Å². The number of nitrogens with zero attached hydrogens (tertiary/aromatic N) is 1. The summed E-state index contributed by atoms with van der Waals surface area (Å²) in [5.41, 5.74) is 0. The molecule has 0 spiro atoms. The molecule has 0 radical (unpaired) electrons. The monoisotopic (exact) mass is 256 g/mol. The average molecular weight is 256 g/mol. The topological polar surface area (TPSA) is 41.6 Å². The maximum absolute atomic E-state index is 11.4. The maximum atomic E-state index is 11.4. The van der Waals surface area contributed by atoms with E-state index in [1.807, 2.05) is 0 Å². The van der Waals surface area contributed by atoms with Crippen LogP contribution >= 0.6 is 0 Å². The number of esters is 1. The lowest BCUT2D eigenvalue weighted by atomic mass is 9.91. The molecule has 4 heteroatoms. The molecule has 0 saturated carbocycles. The number of hydrogen-bond donors (Lipinski definition) is 1. The average Bonchev–Trinajstić information content (AvgIpc) is 2.28. The van der Waals surface area contributed by atoms with Crippen LogP contribution in [0.1, 0.15) is 33.6 Å². The van der Waals surface area contributed by atoms with E-state index in [0.29, 0.717) is 24.3 Å². The molecule has 0 aromatic heterocycles. The lowest BCUT2D eigenvalue weighted by Crippen LogP contribution is -2.50. The molecule has 18 heavy (non-hydrogen) atoms. The standard InChI is InChI=1S/C14H28N2O2/c1-5-15-13-6-12(7-14(17)18-4)9-16(10-13)8-11(2)3/h11-13,15H,5-10H2,1-4H3. The van der Waals surface area contributed by atoms with Crippen molar-refractivity contribution in [1.82, 2.24) is 10.2 Å². The van der Waals surface area contributed by atoms with E-state index < -0.39 is 0 Å². The third-order valence-electron chi connectivity index (χ3n) is 3.41. The van der Waals surface area contributed by atoms with Crippen molar-refractivity contribution in [1.29, 1.82) is 0 Å². The van der Waals surface area contributed by atoms with Gasteiger partial charge in [-0.15, -0.1) is 0 Å². The van der Waals surface area contributed by atoms with Crippen molar-refractivity contribution in [2.75, 3.05) is 33.3 Å². The van der Waals surface area contributed by atoms with Gasteiger partial charge in [-0.05, 0) is 24.8 Å². The van der Waals surface area contributed by atoms with Crippen molar-refractivity contribution in [3.63, 3.8) is 0 Å². The predicted molar refractivity (Wildman–Crippen MR) is 73.5 cm³/mol. The van der Waals surface area contributed by atoms with E-state index in [0.717, 1.165) is 32.6 Å². The number of carbonyl (C=O) groups excluding carboxylic acids is 1. The van der Waals surface area contributed by atoms with Crippen molar-refractivity contribution in [2.24, 2.45) is 11.8 Å². The number of nitrogens with one attached hydrogen (secondary N) is 1. The number of carbonyl (C=O) groups is 1. The summed E-state index contributed by atoms with van der Waals surface area (Å²) in [7, 11) is 1.47. The van der Waals surface area contributed by atoms with E-state index in [1.165, 1.54) is 7.11 Å². The maximum Gasteiger partial charge on any atom is 0.305 e. The number of likely N-dealkylation sites (tertiary alicyclic amines) is 1. The van der Waals surface area contributed by atoms with E-state index in [2.05, 4.69) is 31.0 Å². The van der Waals surface area contributed by atoms with Crippen molar-refractivity contribution >= 4 is 5.97 Å². The van der Waals surface area contributed by atoms with E-state index in [4.69, 9.17) is 4.74 Å². The fourth-order valence-corrected chi connectivity index (χ4v) is 2.87. The van der Waals surface area contributed by atoms with Gasteiger partial charge in [0.05, 0.1) is 7.11 Å². The fourth-order valence-electron chi connectivity index (χ4n) is 2.87. The van der Waals surface area contributed by atoms with E-state index in [1.54, 1.807) is 0 Å². The zero-order valence-electron chi connectivity index (χ0n) is 12.2. The SMILES string of the molecule is CCNC1CC(CC(=O)OC)CN(CC(C)C)C1. The first-order chi connectivity index (χ1) is 8.55. The normalized spacial score (nSPS) is 25.4. The molecule has 0 aromatic rings. The van der Waals surface area contributed by atoms with Gasteiger partial charge in [-0.25, -0.2) is 0 Å². The molecule has 1 saturated heterocycles. The highest BCUT2D eigenvalue weighted by atomic mass is 16.5. The van der Waals surface area contributed by atoms with Gasteiger partial charge in [-0.3, -0.25) is 4.79 Å². The van der Waals surface area contributed by atoms with Crippen molar-refractivity contribution in [2.45, 2.75) is 39.7 Å². The number of rotatable bonds is 6. The molecule has 0 aromatic carbocycles. The summed E-state index contributed by atoms with van der Waals surface area (Å²) in [6.07, 6.45) is 1.63. The summed E-state index contributed by atoms with van der Waals surface area (Å²) in [5, 5.41) is 3.52. The summed E-state index contributed by atoms with van der Waals surface area (Å²) in [6.45, 7) is 10.8. The van der Waals surface area contributed by atoms with Crippen LogP contribution in [0.3, 0.4) is 0 Å². The number of hydrogen-bond acceptors (Lipinski definition) is 4. The number of likely N-dealkylation sites (N-methyl/N-ethyl adjacent to an activating group) is 1. The molecule has 2 unspecified atom stereocenters. The summed E-state index contributed by atoms with van der Waals surface area (Å²) < 4.78 is 4.79. The largest absolute Gasteiger partial charge is 0.469 e. The molecule has 4 nitrogen and oxygen atoms in total. The second kappa shape index (κ2) is 7.74. The molecule has 1 aliphatic heterocycles. The van der Waals surface area contributed by atoms with Gasteiger partial charge in [0, 0.05) is 32.1 Å². The first kappa shape index (κ1) is 15.4. The highest BCUT2D eigenvalue weighted by Gasteiger charge is 2.28. The first-order valence-corrected chi connectivity index (χ1v) is 7.07. The highest BCUT2D eigenvalue weighted by Crippen LogP contribution is 2.21. The third-order valence-corrected chi connectivity index (χ3v) is 3.41. The van der Waals surface area contributed by atoms with Crippen LogP contribution in [0.5, 0.6) is 0 Å². The van der Waals surface area contributed by atoms with Crippen LogP contribution in [0.25, 0.3) is 0 Å². The van der Waals surface area contributed by atoms with E-state index in [-0.39, 0.29) is 5.97 Å². The van der Waals surface area contributed by atoms with Gasteiger partial charge in [0.25, 0.3) is 0 Å². The van der Waals surface area contributed by atoms with Crippen molar-refractivity contribution in [3.8, 4) is 0 Å². The Balaban J connectivity index is 2.53. The smallest absolute Gasteiger partial charge is 0.305 e. The molecule has 1 heterocycles. The highest BCUT2D eigenvalue weighted by molar-refractivity contribution is 5.69. The van der Waals surface area contributed by atoms with Crippen molar-refractivity contribution in [3.05, 3.63) is 0 Å². The summed E-state index contributed by atoms with van der Waals surface area (Å²) >= 11 is 0. The van der Waals surface area contributed by atoms with Crippen LogP contribution in [0, 0.1) is 11.8 Å². The molecule has 1 fully saturated rings. The quantitative estimate of drug-likeness (QED) is 0.731. The van der Waals surface area contributed by atoms with E-state index >= 15 is 0 Å². The Kier molecular flexibility index (Phi) is 6.65. The second-order valence-corrected chi connectivity index (χ2v) is 5.75. The minimum atomic E-state index is -0.0818. The lowest BCUT2D eigenvalue weighted by molar-refractivity contribution is -0.142. The number of ether oxygens (including phenoxy) is 1. The Morgan fingerprint density at radius 1 is 1.44 bits per heavy atom. The molecule has 1 aliphatic rings. The Morgan fingerprint density at radius 3 is 2.72 bits per heavy atom. The predicted octanol–water partition coefficient (Wildman–Crippen LogP) is 1.51. The van der Waals surface area contributed by atoms with Crippen LogP contribution in [-0.4, -0.2) is 50.2 Å².